The molecule has 86 valence electrons. The summed E-state index contributed by atoms with van der Waals surface area (Å²) in [6, 6.07) is 5.45. The molecule has 0 unspecified atom stereocenters. The molecule has 0 heterocycles. The zero-order valence-electron chi connectivity index (χ0n) is 9.19. The molecule has 16 heavy (non-hydrogen) atoms. The highest BCUT2D eigenvalue weighted by Gasteiger charge is 2.09. The quantitative estimate of drug-likeness (QED) is 0.769. The monoisotopic (exact) mass is 237 g/mol. The van der Waals surface area contributed by atoms with E-state index in [2.05, 4.69) is 18.1 Å². The molecule has 0 aliphatic heterocycles. The van der Waals surface area contributed by atoms with Crippen molar-refractivity contribution >= 4 is 17.3 Å². The van der Waals surface area contributed by atoms with Crippen LogP contribution in [0.3, 0.4) is 0 Å². The number of halogens is 1. The lowest BCUT2D eigenvalue weighted by Crippen LogP contribution is -2.24. The number of aliphatic hydroxyl groups is 1. The third kappa shape index (κ3) is 3.12. The van der Waals surface area contributed by atoms with Gasteiger partial charge >= 0.3 is 0 Å². The number of benzene rings is 1. The molecule has 0 radical (unpaired) electrons. The van der Waals surface area contributed by atoms with E-state index in [-0.39, 0.29) is 6.61 Å². The van der Waals surface area contributed by atoms with E-state index in [9.17, 15) is 5.11 Å². The molecule has 0 bridgehead atoms. The average molecular weight is 238 g/mol. The fourth-order valence-electron chi connectivity index (χ4n) is 1.55. The van der Waals surface area contributed by atoms with E-state index in [1.54, 1.807) is 6.07 Å². The summed E-state index contributed by atoms with van der Waals surface area (Å²) in [4.78, 5) is 2.05. The Bertz CT molecular complexity index is 366. The summed E-state index contributed by atoms with van der Waals surface area (Å²) in [6.45, 7) is 8.81. The highest BCUT2D eigenvalue weighted by molar-refractivity contribution is 6.30. The van der Waals surface area contributed by atoms with Crippen LogP contribution in [-0.2, 0) is 6.61 Å². The molecule has 0 aliphatic carbocycles. The van der Waals surface area contributed by atoms with Crippen LogP contribution in [0.25, 0.3) is 0 Å². The van der Waals surface area contributed by atoms with E-state index < -0.39 is 0 Å². The van der Waals surface area contributed by atoms with Crippen molar-refractivity contribution in [3.63, 3.8) is 0 Å². The number of nitrogens with zero attached hydrogens (tertiary/aromatic N) is 1. The molecule has 0 aromatic heterocycles. The third-order valence-corrected chi connectivity index (χ3v) is 2.49. The van der Waals surface area contributed by atoms with Crippen molar-refractivity contribution in [1.29, 1.82) is 0 Å². The molecule has 0 aliphatic rings. The molecule has 2 nitrogen and oxygen atoms in total. The lowest BCUT2D eigenvalue weighted by Gasteiger charge is -2.24. The van der Waals surface area contributed by atoms with Gasteiger partial charge in [0.2, 0.25) is 0 Å². The highest BCUT2D eigenvalue weighted by atomic mass is 35.5. The number of anilines is 1. The number of aliphatic hydroxyl groups excluding tert-OH is 1. The molecular formula is C13H16ClNO. The van der Waals surface area contributed by atoms with Crippen molar-refractivity contribution in [2.24, 2.45) is 0 Å². The first-order valence-electron chi connectivity index (χ1n) is 5.09. The molecule has 1 aromatic carbocycles. The SMILES string of the molecule is C=CCN(CC=C)c1cc(Cl)ccc1CO. The molecule has 1 aromatic rings. The predicted molar refractivity (Wildman–Crippen MR) is 70.0 cm³/mol. The van der Waals surface area contributed by atoms with Crippen LogP contribution in [0.2, 0.25) is 5.02 Å². The molecule has 0 fully saturated rings. The van der Waals surface area contributed by atoms with Crippen molar-refractivity contribution < 1.29 is 5.11 Å². The summed E-state index contributed by atoms with van der Waals surface area (Å²) in [5.41, 5.74) is 1.78. The molecule has 0 atom stereocenters. The van der Waals surface area contributed by atoms with Gasteiger partial charge in [-0.2, -0.15) is 0 Å². The van der Waals surface area contributed by atoms with Crippen molar-refractivity contribution in [2.45, 2.75) is 6.61 Å². The van der Waals surface area contributed by atoms with Gasteiger partial charge in [-0.3, -0.25) is 0 Å². The van der Waals surface area contributed by atoms with Crippen LogP contribution in [0, 0.1) is 0 Å². The second-order valence-electron chi connectivity index (χ2n) is 3.41. The first-order chi connectivity index (χ1) is 7.72. The van der Waals surface area contributed by atoms with E-state index in [0.717, 1.165) is 11.3 Å². The highest BCUT2D eigenvalue weighted by Crippen LogP contribution is 2.25. The zero-order chi connectivity index (χ0) is 12.0. The first-order valence-corrected chi connectivity index (χ1v) is 5.46. The Morgan fingerprint density at radius 1 is 1.25 bits per heavy atom. The Balaban J connectivity index is 3.09. The van der Waals surface area contributed by atoms with Crippen molar-refractivity contribution in [2.75, 3.05) is 18.0 Å². The fraction of sp³-hybridized carbons (Fsp3) is 0.231. The minimum absolute atomic E-state index is 0.00269. The normalized spacial score (nSPS) is 9.88. The maximum Gasteiger partial charge on any atom is 0.0702 e. The molecule has 0 spiro atoms. The van der Waals surface area contributed by atoms with Gasteiger partial charge in [0.05, 0.1) is 6.61 Å². The van der Waals surface area contributed by atoms with E-state index in [1.165, 1.54) is 0 Å². The van der Waals surface area contributed by atoms with Gasteiger partial charge in [0, 0.05) is 29.4 Å². The Labute approximate surface area is 101 Å². The Morgan fingerprint density at radius 2 is 1.88 bits per heavy atom. The van der Waals surface area contributed by atoms with Gasteiger partial charge < -0.3 is 10.0 Å². The maximum atomic E-state index is 9.27. The molecule has 0 amide bonds. The van der Waals surface area contributed by atoms with E-state index in [0.29, 0.717) is 18.1 Å². The van der Waals surface area contributed by atoms with Gasteiger partial charge in [-0.15, -0.1) is 13.2 Å². The van der Waals surface area contributed by atoms with Gasteiger partial charge in [-0.25, -0.2) is 0 Å². The summed E-state index contributed by atoms with van der Waals surface area (Å²) < 4.78 is 0. The van der Waals surface area contributed by atoms with Crippen LogP contribution >= 0.6 is 11.6 Å². The van der Waals surface area contributed by atoms with Crippen LogP contribution in [0.1, 0.15) is 5.56 Å². The first kappa shape index (κ1) is 12.8. The molecule has 1 rings (SSSR count). The summed E-state index contributed by atoms with van der Waals surface area (Å²) in [7, 11) is 0. The Hall–Kier alpha value is -1.25. The molecule has 0 saturated carbocycles. The van der Waals surface area contributed by atoms with Gasteiger partial charge in [0.1, 0.15) is 0 Å². The minimum atomic E-state index is -0.00269. The van der Waals surface area contributed by atoms with Crippen molar-refractivity contribution in [3.8, 4) is 0 Å². The largest absolute Gasteiger partial charge is 0.392 e. The lowest BCUT2D eigenvalue weighted by atomic mass is 10.1. The van der Waals surface area contributed by atoms with Gasteiger partial charge in [0.15, 0.2) is 0 Å². The Morgan fingerprint density at radius 3 is 2.38 bits per heavy atom. The molecule has 0 saturated heterocycles. The predicted octanol–water partition coefficient (Wildman–Crippen LogP) is 3.01. The van der Waals surface area contributed by atoms with E-state index >= 15 is 0 Å². The second-order valence-corrected chi connectivity index (χ2v) is 3.85. The standard InChI is InChI=1S/C13H16ClNO/c1-3-7-15(8-4-2)13-9-12(14)6-5-11(13)10-16/h3-6,9,16H,1-2,7-8,10H2. The maximum absolute atomic E-state index is 9.27. The molecular weight excluding hydrogens is 222 g/mol. The van der Waals surface area contributed by atoms with Crippen LogP contribution in [0.15, 0.2) is 43.5 Å². The van der Waals surface area contributed by atoms with Gasteiger partial charge in [-0.1, -0.05) is 29.8 Å². The van der Waals surface area contributed by atoms with E-state index in [4.69, 9.17) is 11.6 Å². The number of rotatable bonds is 6. The topological polar surface area (TPSA) is 23.5 Å². The summed E-state index contributed by atoms with van der Waals surface area (Å²) in [5, 5.41) is 9.93. The molecule has 3 heteroatoms. The summed E-state index contributed by atoms with van der Waals surface area (Å²) in [6.07, 6.45) is 3.62. The molecule has 1 N–H and O–H groups in total. The average Bonchev–Trinajstić information content (AvgIpc) is 2.29. The van der Waals surface area contributed by atoms with E-state index in [1.807, 2.05) is 24.3 Å². The van der Waals surface area contributed by atoms with Crippen molar-refractivity contribution in [3.05, 3.63) is 54.1 Å². The minimum Gasteiger partial charge on any atom is -0.392 e. The zero-order valence-corrected chi connectivity index (χ0v) is 9.95. The van der Waals surface area contributed by atoms with Crippen LogP contribution in [0.5, 0.6) is 0 Å². The summed E-state index contributed by atoms with van der Waals surface area (Å²) >= 11 is 5.96. The van der Waals surface area contributed by atoms with Crippen LogP contribution in [0.4, 0.5) is 5.69 Å². The van der Waals surface area contributed by atoms with Crippen LogP contribution in [-0.4, -0.2) is 18.2 Å². The fourth-order valence-corrected chi connectivity index (χ4v) is 1.71. The summed E-state index contributed by atoms with van der Waals surface area (Å²) in [5.74, 6) is 0. The van der Waals surface area contributed by atoms with Crippen molar-refractivity contribution in [1.82, 2.24) is 0 Å². The van der Waals surface area contributed by atoms with Crippen LogP contribution < -0.4 is 4.90 Å². The van der Waals surface area contributed by atoms with Gasteiger partial charge in [-0.05, 0) is 12.1 Å². The van der Waals surface area contributed by atoms with Gasteiger partial charge in [0.25, 0.3) is 0 Å². The Kier molecular flexibility index (Phi) is 5.09. The second kappa shape index (κ2) is 6.36. The smallest absolute Gasteiger partial charge is 0.0702 e. The third-order valence-electron chi connectivity index (χ3n) is 2.26. The lowest BCUT2D eigenvalue weighted by molar-refractivity contribution is 0.282. The number of hydrogen-bond donors (Lipinski definition) is 1. The number of hydrogen-bond acceptors (Lipinski definition) is 2.